The summed E-state index contributed by atoms with van der Waals surface area (Å²) in [5, 5.41) is 12.6. The highest BCUT2D eigenvalue weighted by Gasteiger charge is 2.18. The van der Waals surface area contributed by atoms with Crippen LogP contribution in [-0.4, -0.2) is 46.6 Å². The molecule has 0 radical (unpaired) electrons. The summed E-state index contributed by atoms with van der Waals surface area (Å²) in [7, 11) is 3.27. The Morgan fingerprint density at radius 1 is 1.22 bits per heavy atom. The van der Waals surface area contributed by atoms with E-state index in [0.29, 0.717) is 19.6 Å². The van der Waals surface area contributed by atoms with Crippen LogP contribution < -0.4 is 5.32 Å². The van der Waals surface area contributed by atoms with Crippen molar-refractivity contribution < 1.29 is 19.0 Å². The summed E-state index contributed by atoms with van der Waals surface area (Å²) in [6, 6.07) is 1.99. The first-order valence-electron chi connectivity index (χ1n) is 7.95. The van der Waals surface area contributed by atoms with Crippen molar-refractivity contribution in [3.05, 3.63) is 22.9 Å². The van der Waals surface area contributed by atoms with Gasteiger partial charge in [0.2, 0.25) is 0 Å². The molecule has 0 aromatic heterocycles. The van der Waals surface area contributed by atoms with Crippen molar-refractivity contribution in [3.8, 4) is 6.07 Å². The molecular weight excluding hydrogens is 296 g/mol. The molecule has 128 valence electrons. The van der Waals surface area contributed by atoms with Crippen LogP contribution in [0.1, 0.15) is 32.1 Å². The predicted molar refractivity (Wildman–Crippen MR) is 86.5 cm³/mol. The number of hydrogen-bond donors (Lipinski definition) is 1. The van der Waals surface area contributed by atoms with Gasteiger partial charge in [-0.25, -0.2) is 4.79 Å². The fraction of sp³-hybridized carbons (Fsp3) is 0.647. The largest absolute Gasteiger partial charge is 0.461 e. The molecule has 0 spiro atoms. The molecule has 0 aliphatic heterocycles. The van der Waals surface area contributed by atoms with Crippen LogP contribution in [0.25, 0.3) is 0 Å². The summed E-state index contributed by atoms with van der Waals surface area (Å²) in [4.78, 5) is 12.0. The number of nitriles is 1. The second kappa shape index (κ2) is 11.7. The lowest BCUT2D eigenvalue weighted by Gasteiger charge is -2.18. The third kappa shape index (κ3) is 7.31. The standard InChI is InChI=1S/C17H26N2O4/c1-21-9-4-8-19-15-7-3-6-14(12-15)16(13-18)17(20)23-11-5-10-22-2/h12,19H,3-11H2,1-2H3/b16-14-. The molecule has 0 amide bonds. The lowest BCUT2D eigenvalue weighted by atomic mass is 9.95. The van der Waals surface area contributed by atoms with E-state index >= 15 is 0 Å². The Hall–Kier alpha value is -1.84. The van der Waals surface area contributed by atoms with Gasteiger partial charge in [0.15, 0.2) is 0 Å². The minimum atomic E-state index is -0.546. The molecule has 1 N–H and O–H groups in total. The number of methoxy groups -OCH3 is 2. The quantitative estimate of drug-likeness (QED) is 0.287. The number of nitrogens with zero attached hydrogens (tertiary/aromatic N) is 1. The van der Waals surface area contributed by atoms with Crippen LogP contribution in [0.15, 0.2) is 22.9 Å². The van der Waals surface area contributed by atoms with Crippen LogP contribution in [0.3, 0.4) is 0 Å². The number of carbonyl (C=O) groups is 1. The zero-order valence-electron chi connectivity index (χ0n) is 14.0. The SMILES string of the molecule is COCCCNC1=C/C(=C(/C#N)C(=O)OCCCOC)CCC1. The minimum Gasteiger partial charge on any atom is -0.461 e. The molecule has 0 aromatic rings. The highest BCUT2D eigenvalue weighted by atomic mass is 16.5. The normalized spacial score (nSPS) is 16.3. The molecule has 0 heterocycles. The van der Waals surface area contributed by atoms with Gasteiger partial charge in [-0.15, -0.1) is 0 Å². The molecule has 1 aliphatic carbocycles. The van der Waals surface area contributed by atoms with Crippen molar-refractivity contribution in [1.29, 1.82) is 5.26 Å². The van der Waals surface area contributed by atoms with Crippen molar-refractivity contribution in [2.24, 2.45) is 0 Å². The molecule has 6 nitrogen and oxygen atoms in total. The van der Waals surface area contributed by atoms with Crippen molar-refractivity contribution in [3.63, 3.8) is 0 Å². The third-order valence-electron chi connectivity index (χ3n) is 3.48. The van der Waals surface area contributed by atoms with E-state index in [0.717, 1.165) is 43.5 Å². The highest BCUT2D eigenvalue weighted by molar-refractivity contribution is 5.94. The Bertz CT molecular complexity index is 477. The van der Waals surface area contributed by atoms with Gasteiger partial charge in [-0.2, -0.15) is 5.26 Å². The Kier molecular flexibility index (Phi) is 9.76. The maximum atomic E-state index is 12.0. The van der Waals surface area contributed by atoms with Gasteiger partial charge in [-0.05, 0) is 37.3 Å². The molecule has 0 saturated carbocycles. The first kappa shape index (κ1) is 19.2. The number of nitrogens with one attached hydrogen (secondary N) is 1. The number of rotatable bonds is 10. The predicted octanol–water partition coefficient (Wildman–Crippen LogP) is 2.08. The van der Waals surface area contributed by atoms with E-state index in [9.17, 15) is 10.1 Å². The van der Waals surface area contributed by atoms with Gasteiger partial charge in [0.25, 0.3) is 0 Å². The van der Waals surface area contributed by atoms with Crippen LogP contribution in [-0.2, 0) is 19.0 Å². The Balaban J connectivity index is 2.63. The van der Waals surface area contributed by atoms with E-state index in [1.807, 2.05) is 12.1 Å². The third-order valence-corrected chi connectivity index (χ3v) is 3.48. The first-order valence-corrected chi connectivity index (χ1v) is 7.95. The van der Waals surface area contributed by atoms with Crippen LogP contribution >= 0.6 is 0 Å². The van der Waals surface area contributed by atoms with E-state index in [1.165, 1.54) is 0 Å². The maximum Gasteiger partial charge on any atom is 0.349 e. The molecule has 1 rings (SSSR count). The van der Waals surface area contributed by atoms with Crippen molar-refractivity contribution in [2.45, 2.75) is 32.1 Å². The first-order chi connectivity index (χ1) is 11.2. The molecule has 23 heavy (non-hydrogen) atoms. The van der Waals surface area contributed by atoms with Gasteiger partial charge >= 0.3 is 5.97 Å². The van der Waals surface area contributed by atoms with E-state index in [2.05, 4.69) is 5.32 Å². The van der Waals surface area contributed by atoms with Crippen LogP contribution in [0.2, 0.25) is 0 Å². The molecule has 0 aromatic carbocycles. The molecule has 0 saturated heterocycles. The Morgan fingerprint density at radius 3 is 2.65 bits per heavy atom. The van der Waals surface area contributed by atoms with E-state index in [-0.39, 0.29) is 12.2 Å². The van der Waals surface area contributed by atoms with E-state index in [4.69, 9.17) is 14.2 Å². The molecule has 1 aliphatic rings. The molecule has 0 fully saturated rings. The smallest absolute Gasteiger partial charge is 0.349 e. The lowest BCUT2D eigenvalue weighted by Crippen LogP contribution is -2.19. The number of carbonyl (C=O) groups excluding carboxylic acids is 1. The number of esters is 1. The summed E-state index contributed by atoms with van der Waals surface area (Å²) in [6.45, 7) is 2.31. The number of hydrogen-bond acceptors (Lipinski definition) is 6. The Morgan fingerprint density at radius 2 is 1.96 bits per heavy atom. The van der Waals surface area contributed by atoms with Crippen LogP contribution in [0.4, 0.5) is 0 Å². The monoisotopic (exact) mass is 322 g/mol. The van der Waals surface area contributed by atoms with Crippen molar-refractivity contribution in [1.82, 2.24) is 5.32 Å². The second-order valence-corrected chi connectivity index (χ2v) is 5.29. The summed E-state index contributed by atoms with van der Waals surface area (Å²) in [5.41, 5.74) is 1.92. The molecule has 0 atom stereocenters. The summed E-state index contributed by atoms with van der Waals surface area (Å²) < 4.78 is 15.0. The minimum absolute atomic E-state index is 0.110. The van der Waals surface area contributed by atoms with Crippen LogP contribution in [0, 0.1) is 11.3 Å². The number of allylic oxidation sites excluding steroid dienone is 3. The fourth-order valence-electron chi connectivity index (χ4n) is 2.31. The summed E-state index contributed by atoms with van der Waals surface area (Å²) in [5.74, 6) is -0.546. The molecule has 6 heteroatoms. The van der Waals surface area contributed by atoms with Gasteiger partial charge < -0.3 is 19.5 Å². The summed E-state index contributed by atoms with van der Waals surface area (Å²) in [6.07, 6.45) is 6.02. The van der Waals surface area contributed by atoms with Gasteiger partial charge in [0.1, 0.15) is 11.6 Å². The lowest BCUT2D eigenvalue weighted by molar-refractivity contribution is -0.138. The van der Waals surface area contributed by atoms with Gasteiger partial charge in [0.05, 0.1) is 6.61 Å². The van der Waals surface area contributed by atoms with Crippen molar-refractivity contribution >= 4 is 5.97 Å². The number of ether oxygens (including phenoxy) is 3. The average molecular weight is 322 g/mol. The van der Waals surface area contributed by atoms with E-state index in [1.54, 1.807) is 14.2 Å². The van der Waals surface area contributed by atoms with Gasteiger partial charge in [0, 0.05) is 46.1 Å². The Labute approximate surface area is 138 Å². The van der Waals surface area contributed by atoms with Gasteiger partial charge in [-0.3, -0.25) is 0 Å². The average Bonchev–Trinajstić information content (AvgIpc) is 2.57. The van der Waals surface area contributed by atoms with Crippen LogP contribution in [0.5, 0.6) is 0 Å². The topological polar surface area (TPSA) is 80.6 Å². The molecule has 0 bridgehead atoms. The molecule has 0 unspecified atom stereocenters. The van der Waals surface area contributed by atoms with E-state index < -0.39 is 5.97 Å². The fourth-order valence-corrected chi connectivity index (χ4v) is 2.31. The zero-order chi connectivity index (χ0) is 16.9. The van der Waals surface area contributed by atoms with Crippen molar-refractivity contribution in [2.75, 3.05) is 40.6 Å². The second-order valence-electron chi connectivity index (χ2n) is 5.29. The summed E-state index contributed by atoms with van der Waals surface area (Å²) >= 11 is 0. The zero-order valence-corrected chi connectivity index (χ0v) is 14.0. The van der Waals surface area contributed by atoms with Gasteiger partial charge in [-0.1, -0.05) is 0 Å². The maximum absolute atomic E-state index is 12.0. The molecular formula is C17H26N2O4. The highest BCUT2D eigenvalue weighted by Crippen LogP contribution is 2.24.